The topological polar surface area (TPSA) is 97.4 Å². The van der Waals surface area contributed by atoms with Crippen LogP contribution in [0.1, 0.15) is 21.5 Å². The second-order valence-corrected chi connectivity index (χ2v) is 12.7. The third kappa shape index (κ3) is 5.31. The molecule has 6 aromatic rings. The number of aromatic nitrogens is 2. The van der Waals surface area contributed by atoms with Crippen molar-refractivity contribution in [1.29, 1.82) is 0 Å². The van der Waals surface area contributed by atoms with E-state index in [9.17, 15) is 26.4 Å². The van der Waals surface area contributed by atoms with Gasteiger partial charge in [0.15, 0.2) is 0 Å². The predicted molar refractivity (Wildman–Crippen MR) is 168 cm³/mol. The molecule has 0 spiro atoms. The summed E-state index contributed by atoms with van der Waals surface area (Å²) in [5.41, 5.74) is 3.24. The summed E-state index contributed by atoms with van der Waals surface area (Å²) >= 11 is 0. The average Bonchev–Trinajstić information content (AvgIpc) is 3.60. The zero-order valence-corrected chi connectivity index (χ0v) is 25.4. The molecule has 0 saturated heterocycles. The Morgan fingerprint density at radius 3 is 2.33 bits per heavy atom. The highest BCUT2D eigenvalue weighted by Crippen LogP contribution is 2.42. The third-order valence-corrected chi connectivity index (χ3v) is 8.93. The van der Waals surface area contributed by atoms with Gasteiger partial charge in [0.25, 0.3) is 5.91 Å². The van der Waals surface area contributed by atoms with Crippen LogP contribution < -0.4 is 9.62 Å². The number of hydrogen-bond acceptors (Lipinski definition) is 5. The molecule has 0 aliphatic rings. The molecule has 1 amide bonds. The maximum absolute atomic E-state index is 13.9. The minimum Gasteiger partial charge on any atom is -0.455 e. The Kier molecular flexibility index (Phi) is 7.19. The fourth-order valence-electron chi connectivity index (χ4n) is 5.35. The van der Waals surface area contributed by atoms with Gasteiger partial charge in [-0.2, -0.15) is 13.2 Å². The summed E-state index contributed by atoms with van der Waals surface area (Å²) in [6.07, 6.45) is -2.23. The van der Waals surface area contributed by atoms with Crippen LogP contribution in [0.5, 0.6) is 0 Å². The van der Waals surface area contributed by atoms with Crippen LogP contribution in [0.25, 0.3) is 50.1 Å². The quantitative estimate of drug-likeness (QED) is 0.210. The van der Waals surface area contributed by atoms with Crippen molar-refractivity contribution < 1.29 is 30.8 Å². The molecule has 2 heterocycles. The lowest BCUT2D eigenvalue weighted by Gasteiger charge is -2.21. The fraction of sp³-hybridized carbons (Fsp3) is 0.152. The van der Waals surface area contributed by atoms with E-state index in [1.807, 2.05) is 31.2 Å². The number of aryl methyl sites for hydroxylation is 1. The lowest BCUT2D eigenvalue weighted by molar-refractivity contribution is -0.137. The molecule has 0 unspecified atom stereocenters. The number of hydrogen-bond donors (Lipinski definition) is 1. The summed E-state index contributed by atoms with van der Waals surface area (Å²) < 4.78 is 76.0. The summed E-state index contributed by atoms with van der Waals surface area (Å²) in [4.78, 5) is 17.6. The van der Waals surface area contributed by atoms with Gasteiger partial charge in [-0.25, -0.2) is 13.4 Å². The molecule has 6 rings (SSSR count). The predicted octanol–water partition coefficient (Wildman–Crippen LogP) is 7.19. The number of fused-ring (bicyclic) bond motifs is 2. The summed E-state index contributed by atoms with van der Waals surface area (Å²) in [5.74, 6) is -0.0940. The monoisotopic (exact) mass is 632 g/mol. The van der Waals surface area contributed by atoms with Gasteiger partial charge in [-0.1, -0.05) is 48.0 Å². The van der Waals surface area contributed by atoms with Crippen molar-refractivity contribution in [3.05, 3.63) is 102 Å². The van der Waals surface area contributed by atoms with E-state index in [1.165, 1.54) is 43.2 Å². The molecule has 0 aliphatic heterocycles. The first-order valence-corrected chi connectivity index (χ1v) is 15.6. The van der Waals surface area contributed by atoms with Crippen molar-refractivity contribution in [2.75, 3.05) is 24.7 Å². The molecule has 0 radical (unpaired) electrons. The maximum atomic E-state index is 13.9. The van der Waals surface area contributed by atoms with Gasteiger partial charge in [0.2, 0.25) is 10.0 Å². The number of anilines is 1. The number of nitrogens with zero attached hydrogens (tertiary/aromatic N) is 3. The van der Waals surface area contributed by atoms with E-state index in [0.717, 1.165) is 22.2 Å². The van der Waals surface area contributed by atoms with Crippen molar-refractivity contribution in [3.63, 3.8) is 0 Å². The first-order chi connectivity index (χ1) is 21.3. The normalized spacial score (nSPS) is 12.2. The van der Waals surface area contributed by atoms with E-state index in [2.05, 4.69) is 10.3 Å². The van der Waals surface area contributed by atoms with Gasteiger partial charge in [0.05, 0.1) is 39.8 Å². The number of halogens is 3. The van der Waals surface area contributed by atoms with Crippen LogP contribution in [0.2, 0.25) is 0 Å². The molecule has 0 fully saturated rings. The molecule has 8 nitrogen and oxygen atoms in total. The van der Waals surface area contributed by atoms with Gasteiger partial charge in [0.1, 0.15) is 17.7 Å². The SMILES string of the molecule is CNC(=O)c1c(-c2ccc(C)cc2)oc2cc(N(C)S(C)(=O)=O)c(-c3ccc4ncn(-c5ccccc5C(F)(F)F)c4c3)cc12. The number of amides is 1. The first kappa shape index (κ1) is 29.9. The molecule has 4 aromatic carbocycles. The molecular weight excluding hydrogens is 605 g/mol. The van der Waals surface area contributed by atoms with Gasteiger partial charge in [-0.05, 0) is 42.8 Å². The van der Waals surface area contributed by atoms with E-state index in [0.29, 0.717) is 38.9 Å². The number of para-hydroxylation sites is 1. The highest BCUT2D eigenvalue weighted by atomic mass is 32.2. The molecule has 1 N–H and O–H groups in total. The number of alkyl halides is 3. The Morgan fingerprint density at radius 1 is 0.978 bits per heavy atom. The Bertz CT molecular complexity index is 2220. The van der Waals surface area contributed by atoms with E-state index in [-0.39, 0.29) is 22.5 Å². The number of sulfonamides is 1. The van der Waals surface area contributed by atoms with Crippen LogP contribution >= 0.6 is 0 Å². The highest BCUT2D eigenvalue weighted by Gasteiger charge is 2.34. The van der Waals surface area contributed by atoms with Crippen LogP contribution in [0.4, 0.5) is 18.9 Å². The van der Waals surface area contributed by atoms with Crippen LogP contribution in [-0.4, -0.2) is 44.2 Å². The molecule has 0 aliphatic carbocycles. The van der Waals surface area contributed by atoms with Crippen molar-refractivity contribution >= 4 is 43.6 Å². The number of benzene rings is 4. The van der Waals surface area contributed by atoms with Crippen LogP contribution in [0.3, 0.4) is 0 Å². The fourth-order valence-corrected chi connectivity index (χ4v) is 5.86. The molecule has 2 aromatic heterocycles. The van der Waals surface area contributed by atoms with Gasteiger partial charge < -0.3 is 9.73 Å². The molecule has 45 heavy (non-hydrogen) atoms. The molecule has 12 heteroatoms. The number of carbonyl (C=O) groups excluding carboxylic acids is 1. The number of carbonyl (C=O) groups is 1. The number of imidazole rings is 1. The van der Waals surface area contributed by atoms with Crippen molar-refractivity contribution in [2.45, 2.75) is 13.1 Å². The van der Waals surface area contributed by atoms with E-state index in [4.69, 9.17) is 4.42 Å². The smallest absolute Gasteiger partial charge is 0.418 e. The second kappa shape index (κ2) is 10.8. The molecule has 0 atom stereocenters. The van der Waals surface area contributed by atoms with E-state index >= 15 is 0 Å². The minimum absolute atomic E-state index is 0.104. The summed E-state index contributed by atoms with van der Waals surface area (Å²) in [6.45, 7) is 1.94. The first-order valence-electron chi connectivity index (χ1n) is 13.8. The maximum Gasteiger partial charge on any atom is 0.418 e. The molecule has 0 bridgehead atoms. The Balaban J connectivity index is 1.64. The summed E-state index contributed by atoms with van der Waals surface area (Å²) in [6, 6.07) is 20.9. The number of rotatable bonds is 6. The van der Waals surface area contributed by atoms with Gasteiger partial charge >= 0.3 is 6.18 Å². The van der Waals surface area contributed by atoms with E-state index < -0.39 is 27.7 Å². The van der Waals surface area contributed by atoms with Crippen LogP contribution in [-0.2, 0) is 16.2 Å². The van der Waals surface area contributed by atoms with Crippen molar-refractivity contribution in [1.82, 2.24) is 14.9 Å². The largest absolute Gasteiger partial charge is 0.455 e. The number of furan rings is 1. The average molecular weight is 633 g/mol. The third-order valence-electron chi connectivity index (χ3n) is 7.74. The standard InChI is InChI=1S/C33H27F3N4O4S/c1-19-9-11-20(12-10-19)31-30(32(41)37-2)23-16-22(27(17-29(23)44-31)39(3)45(4,42)43)21-13-14-25-28(15-21)40(18-38-25)26-8-6-5-7-24(26)33(34,35)36/h5-18H,1-4H3,(H,37,41). The lowest BCUT2D eigenvalue weighted by atomic mass is 9.98. The van der Waals surface area contributed by atoms with Crippen molar-refractivity contribution in [2.24, 2.45) is 0 Å². The minimum atomic E-state index is -4.60. The lowest BCUT2D eigenvalue weighted by Crippen LogP contribution is -2.25. The van der Waals surface area contributed by atoms with E-state index in [1.54, 1.807) is 30.3 Å². The summed E-state index contributed by atoms with van der Waals surface area (Å²) in [5, 5.41) is 3.09. The Hall–Kier alpha value is -5.10. The van der Waals surface area contributed by atoms with Gasteiger partial charge in [0, 0.05) is 36.7 Å². The van der Waals surface area contributed by atoms with Crippen molar-refractivity contribution in [3.8, 4) is 28.1 Å². The van der Waals surface area contributed by atoms with Gasteiger partial charge in [-0.3, -0.25) is 13.7 Å². The molecule has 230 valence electrons. The zero-order chi connectivity index (χ0) is 32.3. The second-order valence-electron chi connectivity index (χ2n) is 10.7. The van der Waals surface area contributed by atoms with Crippen LogP contribution in [0.15, 0.2) is 89.6 Å². The highest BCUT2D eigenvalue weighted by molar-refractivity contribution is 7.92. The van der Waals surface area contributed by atoms with Gasteiger partial charge in [-0.15, -0.1) is 0 Å². The summed E-state index contributed by atoms with van der Waals surface area (Å²) in [7, 11) is -0.876. The number of nitrogens with one attached hydrogen (secondary N) is 1. The zero-order valence-electron chi connectivity index (χ0n) is 24.6. The molecule has 0 saturated carbocycles. The van der Waals surface area contributed by atoms with Crippen LogP contribution in [0, 0.1) is 6.92 Å². The molecular formula is C33H27F3N4O4S. The Labute approximate surface area is 256 Å². The Morgan fingerprint density at radius 2 is 1.67 bits per heavy atom.